The van der Waals surface area contributed by atoms with Crippen LogP contribution in [-0.4, -0.2) is 33.2 Å². The van der Waals surface area contributed by atoms with Crippen molar-refractivity contribution in [3.8, 4) is 11.5 Å². The highest BCUT2D eigenvalue weighted by Crippen LogP contribution is 2.29. The van der Waals surface area contributed by atoms with Gasteiger partial charge in [0.05, 0.1) is 19.4 Å². The lowest BCUT2D eigenvalue weighted by molar-refractivity contribution is -0.119. The molecule has 0 spiro atoms. The first-order valence-electron chi connectivity index (χ1n) is 7.38. The molecule has 0 heterocycles. The molecule has 0 radical (unpaired) electrons. The molecule has 1 rings (SSSR count). The summed E-state index contributed by atoms with van der Waals surface area (Å²) < 4.78 is 10.9. The van der Waals surface area contributed by atoms with Crippen LogP contribution in [0.2, 0.25) is 0 Å². The van der Waals surface area contributed by atoms with Crippen LogP contribution in [0.4, 0.5) is 5.69 Å². The van der Waals surface area contributed by atoms with E-state index in [1.54, 1.807) is 13.2 Å². The average molecular weight is 294 g/mol. The fourth-order valence-electron chi connectivity index (χ4n) is 1.84. The second kappa shape index (κ2) is 9.23. The zero-order chi connectivity index (χ0) is 15.7. The van der Waals surface area contributed by atoms with Crippen molar-refractivity contribution in [1.29, 1.82) is 0 Å². The molecule has 5 nitrogen and oxygen atoms in total. The lowest BCUT2D eigenvalue weighted by Gasteiger charge is -2.16. The molecule has 0 aliphatic rings. The van der Waals surface area contributed by atoms with E-state index in [0.717, 1.165) is 12.8 Å². The van der Waals surface area contributed by atoms with Crippen molar-refractivity contribution < 1.29 is 14.3 Å². The predicted molar refractivity (Wildman–Crippen MR) is 85.1 cm³/mol. The Kier molecular flexibility index (Phi) is 7.61. The molecule has 118 valence electrons. The summed E-state index contributed by atoms with van der Waals surface area (Å²) in [4.78, 5) is 12.1. The first-order valence-corrected chi connectivity index (χ1v) is 7.38. The van der Waals surface area contributed by atoms with E-state index in [2.05, 4.69) is 17.6 Å². The van der Waals surface area contributed by atoms with Gasteiger partial charge in [0.25, 0.3) is 0 Å². The van der Waals surface area contributed by atoms with Crippen LogP contribution in [0.1, 0.15) is 26.7 Å². The van der Waals surface area contributed by atoms with Crippen LogP contribution in [0.15, 0.2) is 18.2 Å². The minimum Gasteiger partial charge on any atom is -0.497 e. The van der Waals surface area contributed by atoms with Gasteiger partial charge in [0.15, 0.2) is 0 Å². The number of hydrogen-bond donors (Lipinski definition) is 2. The maximum atomic E-state index is 12.1. The normalized spacial score (nSPS) is 11.8. The average Bonchev–Trinajstić information content (AvgIpc) is 2.49. The van der Waals surface area contributed by atoms with Gasteiger partial charge in [-0.1, -0.05) is 20.3 Å². The summed E-state index contributed by atoms with van der Waals surface area (Å²) in [5.74, 6) is 1.20. The highest BCUT2D eigenvalue weighted by Gasteiger charge is 2.15. The maximum absolute atomic E-state index is 12.1. The second-order valence-electron chi connectivity index (χ2n) is 5.01. The van der Waals surface area contributed by atoms with Gasteiger partial charge in [0.2, 0.25) is 5.91 Å². The molecular formula is C16H26N2O3. The molecular weight excluding hydrogens is 268 g/mol. The second-order valence-corrected chi connectivity index (χ2v) is 5.01. The van der Waals surface area contributed by atoms with E-state index in [4.69, 9.17) is 9.47 Å². The quantitative estimate of drug-likeness (QED) is 0.687. The minimum absolute atomic E-state index is 0.0436. The molecule has 2 N–H and O–H groups in total. The van der Waals surface area contributed by atoms with Gasteiger partial charge in [-0.2, -0.15) is 0 Å². The Morgan fingerprint density at radius 1 is 1.38 bits per heavy atom. The number of hydrogen-bond acceptors (Lipinski definition) is 4. The van der Waals surface area contributed by atoms with Gasteiger partial charge in [-0.15, -0.1) is 0 Å². The molecule has 0 aliphatic heterocycles. The fraction of sp³-hybridized carbons (Fsp3) is 0.562. The Morgan fingerprint density at radius 2 is 2.14 bits per heavy atom. The molecule has 0 fully saturated rings. The Hall–Kier alpha value is -1.75. The zero-order valence-corrected chi connectivity index (χ0v) is 13.4. The van der Waals surface area contributed by atoms with Crippen molar-refractivity contribution in [2.45, 2.75) is 26.7 Å². The summed E-state index contributed by atoms with van der Waals surface area (Å²) in [6.07, 6.45) is 2.05. The van der Waals surface area contributed by atoms with E-state index in [-0.39, 0.29) is 11.8 Å². The van der Waals surface area contributed by atoms with E-state index < -0.39 is 0 Å². The molecule has 1 amide bonds. The summed E-state index contributed by atoms with van der Waals surface area (Å²) in [6, 6.07) is 5.44. The number of anilines is 1. The van der Waals surface area contributed by atoms with Gasteiger partial charge in [0, 0.05) is 18.5 Å². The number of carbonyl (C=O) groups is 1. The van der Waals surface area contributed by atoms with Crippen LogP contribution < -0.4 is 20.1 Å². The largest absolute Gasteiger partial charge is 0.497 e. The molecule has 0 saturated heterocycles. The van der Waals surface area contributed by atoms with Crippen molar-refractivity contribution in [2.24, 2.45) is 5.92 Å². The van der Waals surface area contributed by atoms with Crippen molar-refractivity contribution in [2.75, 3.05) is 32.6 Å². The van der Waals surface area contributed by atoms with Crippen LogP contribution in [-0.2, 0) is 4.79 Å². The Labute approximate surface area is 127 Å². The summed E-state index contributed by atoms with van der Waals surface area (Å²) >= 11 is 0. The lowest BCUT2D eigenvalue weighted by Crippen LogP contribution is -2.28. The van der Waals surface area contributed by atoms with Gasteiger partial charge in [-0.25, -0.2) is 0 Å². The Morgan fingerprint density at radius 3 is 2.76 bits per heavy atom. The molecule has 1 aromatic rings. The van der Waals surface area contributed by atoms with E-state index in [1.807, 2.05) is 26.1 Å². The molecule has 21 heavy (non-hydrogen) atoms. The van der Waals surface area contributed by atoms with Gasteiger partial charge >= 0.3 is 0 Å². The van der Waals surface area contributed by atoms with E-state index in [1.165, 1.54) is 0 Å². The molecule has 0 bridgehead atoms. The van der Waals surface area contributed by atoms with E-state index >= 15 is 0 Å². The van der Waals surface area contributed by atoms with Crippen molar-refractivity contribution in [1.82, 2.24) is 5.32 Å². The highest BCUT2D eigenvalue weighted by molar-refractivity contribution is 5.94. The SMILES string of the molecule is CCCCOc1ccc(OC)cc1NC(=O)C(C)CNC. The first kappa shape index (κ1) is 17.3. The first-order chi connectivity index (χ1) is 10.1. The van der Waals surface area contributed by atoms with Crippen LogP contribution in [0, 0.1) is 5.92 Å². The highest BCUT2D eigenvalue weighted by atomic mass is 16.5. The number of amides is 1. The van der Waals surface area contributed by atoms with Gasteiger partial charge in [-0.3, -0.25) is 4.79 Å². The third-order valence-corrected chi connectivity index (χ3v) is 3.16. The number of methoxy groups -OCH3 is 1. The van der Waals surface area contributed by atoms with Crippen molar-refractivity contribution in [3.63, 3.8) is 0 Å². The lowest BCUT2D eigenvalue weighted by atomic mass is 10.1. The fourth-order valence-corrected chi connectivity index (χ4v) is 1.84. The number of ether oxygens (including phenoxy) is 2. The van der Waals surface area contributed by atoms with Crippen molar-refractivity contribution in [3.05, 3.63) is 18.2 Å². The summed E-state index contributed by atoms with van der Waals surface area (Å²) in [5.41, 5.74) is 0.651. The molecule has 0 saturated carbocycles. The third-order valence-electron chi connectivity index (χ3n) is 3.16. The Balaban J connectivity index is 2.82. The zero-order valence-electron chi connectivity index (χ0n) is 13.4. The minimum atomic E-state index is -0.121. The molecule has 0 aliphatic carbocycles. The van der Waals surface area contributed by atoms with Crippen LogP contribution in [0.5, 0.6) is 11.5 Å². The summed E-state index contributed by atoms with van der Waals surface area (Å²) in [6.45, 7) is 5.25. The topological polar surface area (TPSA) is 59.6 Å². The Bertz CT molecular complexity index is 449. The van der Waals surface area contributed by atoms with Crippen LogP contribution >= 0.6 is 0 Å². The van der Waals surface area contributed by atoms with Crippen LogP contribution in [0.3, 0.4) is 0 Å². The summed E-state index contributed by atoms with van der Waals surface area (Å²) in [5, 5.41) is 5.91. The smallest absolute Gasteiger partial charge is 0.228 e. The number of benzene rings is 1. The summed E-state index contributed by atoms with van der Waals surface area (Å²) in [7, 11) is 3.43. The van der Waals surface area contributed by atoms with E-state index in [9.17, 15) is 4.79 Å². The molecule has 5 heteroatoms. The van der Waals surface area contributed by atoms with Gasteiger partial charge in [-0.05, 0) is 25.6 Å². The molecule has 1 atom stereocenters. The third kappa shape index (κ3) is 5.63. The predicted octanol–water partition coefficient (Wildman–Crippen LogP) is 2.67. The van der Waals surface area contributed by atoms with Crippen LogP contribution in [0.25, 0.3) is 0 Å². The molecule has 1 aromatic carbocycles. The standard InChI is InChI=1S/C16H26N2O3/c1-5-6-9-21-15-8-7-13(20-4)10-14(15)18-16(19)12(2)11-17-3/h7-8,10,12,17H,5-6,9,11H2,1-4H3,(H,18,19). The molecule has 0 aromatic heterocycles. The van der Waals surface area contributed by atoms with Gasteiger partial charge in [0.1, 0.15) is 11.5 Å². The number of nitrogens with one attached hydrogen (secondary N) is 2. The molecule has 1 unspecified atom stereocenters. The number of rotatable bonds is 9. The number of carbonyl (C=O) groups excluding carboxylic acids is 1. The van der Waals surface area contributed by atoms with Gasteiger partial charge < -0.3 is 20.1 Å². The van der Waals surface area contributed by atoms with E-state index in [0.29, 0.717) is 30.3 Å². The monoisotopic (exact) mass is 294 g/mol. The number of unbranched alkanes of at least 4 members (excludes halogenated alkanes) is 1. The maximum Gasteiger partial charge on any atom is 0.228 e. The van der Waals surface area contributed by atoms with Crippen molar-refractivity contribution >= 4 is 11.6 Å².